The van der Waals surface area contributed by atoms with Crippen molar-refractivity contribution < 1.29 is 9.59 Å². The van der Waals surface area contributed by atoms with Gasteiger partial charge >= 0.3 is 11.8 Å². The molecule has 0 aromatic rings. The van der Waals surface area contributed by atoms with Crippen LogP contribution in [0.5, 0.6) is 0 Å². The summed E-state index contributed by atoms with van der Waals surface area (Å²) in [6.07, 6.45) is 6.13. The van der Waals surface area contributed by atoms with Crippen LogP contribution in [0.4, 0.5) is 0 Å². The Morgan fingerprint density at radius 3 is 2.65 bits per heavy atom. The number of amides is 2. The van der Waals surface area contributed by atoms with E-state index in [2.05, 4.69) is 22.8 Å². The Morgan fingerprint density at radius 2 is 2.00 bits per heavy atom. The van der Waals surface area contributed by atoms with E-state index in [-0.39, 0.29) is 6.04 Å². The number of carbonyl (C=O) groups excluding carboxylic acids is 2. The lowest BCUT2D eigenvalue weighted by molar-refractivity contribution is -0.139. The van der Waals surface area contributed by atoms with Crippen molar-refractivity contribution in [1.82, 2.24) is 10.7 Å². The lowest BCUT2D eigenvalue weighted by Gasteiger charge is -2.18. The number of hydrazone groups is 1. The van der Waals surface area contributed by atoms with E-state index in [9.17, 15) is 9.59 Å². The largest absolute Gasteiger partial charge is 0.345 e. The van der Waals surface area contributed by atoms with Gasteiger partial charge in [0, 0.05) is 11.8 Å². The summed E-state index contributed by atoms with van der Waals surface area (Å²) in [5.41, 5.74) is 3.34. The lowest BCUT2D eigenvalue weighted by atomic mass is 9.89. The highest BCUT2D eigenvalue weighted by atomic mass is 16.2. The summed E-state index contributed by atoms with van der Waals surface area (Å²) in [6.45, 7) is 2.18. The average molecular weight is 237 g/mol. The standard InChI is InChI=1S/C12H19N3O2/c1-8-3-2-4-10(7-8)14-15-12(17)11(16)13-9-5-6-9/h8-9H,2-7H2,1H3,(H,13,16)(H,15,17)/b14-10+/t8-/m0/s1. The molecule has 2 amide bonds. The van der Waals surface area contributed by atoms with Crippen LogP contribution < -0.4 is 10.7 Å². The summed E-state index contributed by atoms with van der Waals surface area (Å²) >= 11 is 0. The Morgan fingerprint density at radius 1 is 1.24 bits per heavy atom. The first-order valence-corrected chi connectivity index (χ1v) is 6.31. The molecule has 2 aliphatic rings. The Bertz CT molecular complexity index is 348. The highest BCUT2D eigenvalue weighted by Gasteiger charge is 2.26. The van der Waals surface area contributed by atoms with E-state index in [0.717, 1.165) is 37.8 Å². The van der Waals surface area contributed by atoms with Gasteiger partial charge in [-0.15, -0.1) is 0 Å². The molecule has 94 valence electrons. The van der Waals surface area contributed by atoms with Crippen molar-refractivity contribution in [2.75, 3.05) is 0 Å². The smallest absolute Gasteiger partial charge is 0.329 e. The maximum absolute atomic E-state index is 11.4. The lowest BCUT2D eigenvalue weighted by Crippen LogP contribution is -2.39. The fourth-order valence-electron chi connectivity index (χ4n) is 2.02. The van der Waals surface area contributed by atoms with Gasteiger partial charge in [0.1, 0.15) is 0 Å². The Labute approximate surface area is 101 Å². The minimum Gasteiger partial charge on any atom is -0.345 e. The summed E-state index contributed by atoms with van der Waals surface area (Å²) in [5, 5.41) is 6.67. The third-order valence-corrected chi connectivity index (χ3v) is 3.18. The van der Waals surface area contributed by atoms with E-state index in [4.69, 9.17) is 0 Å². The van der Waals surface area contributed by atoms with Crippen LogP contribution in [0, 0.1) is 5.92 Å². The van der Waals surface area contributed by atoms with Gasteiger partial charge in [-0.05, 0) is 44.4 Å². The predicted octanol–water partition coefficient (Wildman–Crippen LogP) is 0.947. The van der Waals surface area contributed by atoms with Crippen LogP contribution in [0.2, 0.25) is 0 Å². The second-order valence-corrected chi connectivity index (χ2v) is 5.07. The molecule has 0 unspecified atom stereocenters. The fraction of sp³-hybridized carbons (Fsp3) is 0.750. The van der Waals surface area contributed by atoms with Crippen LogP contribution in [0.25, 0.3) is 0 Å². The van der Waals surface area contributed by atoms with Crippen molar-refractivity contribution in [3.8, 4) is 0 Å². The van der Waals surface area contributed by atoms with Crippen LogP contribution in [0.1, 0.15) is 45.4 Å². The van der Waals surface area contributed by atoms with Gasteiger partial charge < -0.3 is 5.32 Å². The van der Waals surface area contributed by atoms with Gasteiger partial charge in [-0.1, -0.05) is 6.92 Å². The van der Waals surface area contributed by atoms with E-state index in [1.54, 1.807) is 0 Å². The molecule has 2 N–H and O–H groups in total. The van der Waals surface area contributed by atoms with Crippen LogP contribution in [-0.2, 0) is 9.59 Å². The molecule has 5 nitrogen and oxygen atoms in total. The highest BCUT2D eigenvalue weighted by molar-refractivity contribution is 6.35. The monoisotopic (exact) mass is 237 g/mol. The number of hydrogen-bond acceptors (Lipinski definition) is 3. The maximum Gasteiger partial charge on any atom is 0.329 e. The number of hydrogen-bond donors (Lipinski definition) is 2. The van der Waals surface area contributed by atoms with Crippen LogP contribution >= 0.6 is 0 Å². The molecule has 2 aliphatic carbocycles. The van der Waals surface area contributed by atoms with Gasteiger partial charge in [0.25, 0.3) is 0 Å². The first-order valence-electron chi connectivity index (χ1n) is 6.31. The van der Waals surface area contributed by atoms with Crippen molar-refractivity contribution in [1.29, 1.82) is 0 Å². The van der Waals surface area contributed by atoms with Crippen molar-refractivity contribution >= 4 is 17.5 Å². The third kappa shape index (κ3) is 3.84. The number of carbonyl (C=O) groups is 2. The van der Waals surface area contributed by atoms with E-state index in [1.807, 2.05) is 0 Å². The molecule has 2 saturated carbocycles. The van der Waals surface area contributed by atoms with Crippen LogP contribution in [0.15, 0.2) is 5.10 Å². The van der Waals surface area contributed by atoms with Gasteiger partial charge in [-0.2, -0.15) is 5.10 Å². The quantitative estimate of drug-likeness (QED) is 0.554. The first-order chi connectivity index (χ1) is 8.15. The summed E-state index contributed by atoms with van der Waals surface area (Å²) in [5.74, 6) is -0.594. The van der Waals surface area contributed by atoms with Crippen molar-refractivity contribution in [2.45, 2.75) is 51.5 Å². The fourth-order valence-corrected chi connectivity index (χ4v) is 2.02. The molecule has 2 fully saturated rings. The van der Waals surface area contributed by atoms with Crippen molar-refractivity contribution in [3.63, 3.8) is 0 Å². The molecule has 5 heteroatoms. The third-order valence-electron chi connectivity index (χ3n) is 3.18. The van der Waals surface area contributed by atoms with E-state index >= 15 is 0 Å². The van der Waals surface area contributed by atoms with Crippen LogP contribution in [-0.4, -0.2) is 23.6 Å². The average Bonchev–Trinajstić information content (AvgIpc) is 3.10. The minimum atomic E-state index is -0.650. The number of rotatable bonds is 2. The Hall–Kier alpha value is -1.39. The Kier molecular flexibility index (Phi) is 3.76. The molecule has 0 aliphatic heterocycles. The molecule has 0 saturated heterocycles. The number of nitrogens with zero attached hydrogens (tertiary/aromatic N) is 1. The summed E-state index contributed by atoms with van der Waals surface area (Å²) < 4.78 is 0. The second-order valence-electron chi connectivity index (χ2n) is 5.07. The summed E-state index contributed by atoms with van der Waals surface area (Å²) in [7, 11) is 0. The summed E-state index contributed by atoms with van der Waals surface area (Å²) in [4.78, 5) is 22.7. The van der Waals surface area contributed by atoms with Crippen LogP contribution in [0.3, 0.4) is 0 Å². The maximum atomic E-state index is 11.4. The number of nitrogens with one attached hydrogen (secondary N) is 2. The topological polar surface area (TPSA) is 70.6 Å². The molecule has 1 atom stereocenters. The second kappa shape index (κ2) is 5.29. The van der Waals surface area contributed by atoms with Gasteiger partial charge in [0.05, 0.1) is 0 Å². The van der Waals surface area contributed by atoms with Crippen molar-refractivity contribution in [2.24, 2.45) is 11.0 Å². The normalized spacial score (nSPS) is 26.6. The molecule has 0 aromatic carbocycles. The summed E-state index contributed by atoms with van der Waals surface area (Å²) in [6, 6.07) is 0.204. The first kappa shape index (κ1) is 12.1. The molecule has 0 radical (unpaired) electrons. The highest BCUT2D eigenvalue weighted by Crippen LogP contribution is 2.21. The SMILES string of the molecule is C[C@H]1CCC/C(=N\NC(=O)C(=O)NC2CC2)C1. The molecule has 0 aromatic heterocycles. The van der Waals surface area contributed by atoms with E-state index in [0.29, 0.717) is 5.92 Å². The van der Waals surface area contributed by atoms with E-state index in [1.165, 1.54) is 6.42 Å². The van der Waals surface area contributed by atoms with Gasteiger partial charge in [0.15, 0.2) is 0 Å². The zero-order valence-corrected chi connectivity index (χ0v) is 10.2. The molecular formula is C12H19N3O2. The van der Waals surface area contributed by atoms with E-state index < -0.39 is 11.8 Å². The molecular weight excluding hydrogens is 218 g/mol. The zero-order chi connectivity index (χ0) is 12.3. The van der Waals surface area contributed by atoms with Gasteiger partial charge in [0.2, 0.25) is 0 Å². The molecule has 0 spiro atoms. The predicted molar refractivity (Wildman–Crippen MR) is 64.4 cm³/mol. The zero-order valence-electron chi connectivity index (χ0n) is 10.2. The van der Waals surface area contributed by atoms with Gasteiger partial charge in [-0.25, -0.2) is 5.43 Å². The molecule has 0 bridgehead atoms. The Balaban J connectivity index is 1.77. The molecule has 2 rings (SSSR count). The molecule has 17 heavy (non-hydrogen) atoms. The minimum absolute atomic E-state index is 0.204. The van der Waals surface area contributed by atoms with Crippen molar-refractivity contribution in [3.05, 3.63) is 0 Å². The molecule has 0 heterocycles. The van der Waals surface area contributed by atoms with Gasteiger partial charge in [-0.3, -0.25) is 9.59 Å².